The monoisotopic (exact) mass is 360 g/mol. The molecule has 4 nitrogen and oxygen atoms in total. The Bertz CT molecular complexity index is 696. The van der Waals surface area contributed by atoms with Gasteiger partial charge in [-0.05, 0) is 46.6 Å². The fourth-order valence-corrected chi connectivity index (χ4v) is 5.21. The molecule has 0 spiro atoms. The summed E-state index contributed by atoms with van der Waals surface area (Å²) in [5.74, 6) is 0. The fourth-order valence-electron chi connectivity index (χ4n) is 1.60. The van der Waals surface area contributed by atoms with Crippen molar-refractivity contribution in [2.24, 2.45) is 5.73 Å². The summed E-state index contributed by atoms with van der Waals surface area (Å²) in [5, 5.41) is 0. The van der Waals surface area contributed by atoms with Gasteiger partial charge in [-0.25, -0.2) is 8.42 Å². The Hall–Kier alpha value is -0.890. The number of rotatable bonds is 4. The van der Waals surface area contributed by atoms with Crippen molar-refractivity contribution in [2.45, 2.75) is 18.4 Å². The van der Waals surface area contributed by atoms with Gasteiger partial charge in [-0.2, -0.15) is 0 Å². The van der Waals surface area contributed by atoms with Gasteiger partial charge in [-0.15, -0.1) is 11.3 Å². The highest BCUT2D eigenvalue weighted by atomic mass is 79.9. The molecule has 0 saturated carbocycles. The van der Waals surface area contributed by atoms with Gasteiger partial charge in [-0.1, -0.05) is 12.1 Å². The van der Waals surface area contributed by atoms with E-state index in [9.17, 15) is 8.42 Å². The van der Waals surface area contributed by atoms with Crippen LogP contribution in [0.1, 0.15) is 10.4 Å². The molecule has 1 heterocycles. The lowest BCUT2D eigenvalue weighted by molar-refractivity contribution is 0.601. The molecule has 0 bridgehead atoms. The highest BCUT2D eigenvalue weighted by Gasteiger charge is 2.20. The second-order valence-corrected chi connectivity index (χ2v) is 8.14. The number of sulfonamides is 1. The summed E-state index contributed by atoms with van der Waals surface area (Å²) in [6, 6.07) is 8.80. The summed E-state index contributed by atoms with van der Waals surface area (Å²) in [6.07, 6.45) is 0. The van der Waals surface area contributed by atoms with Crippen LogP contribution in [0.25, 0.3) is 0 Å². The number of thiophene rings is 1. The third-order valence-electron chi connectivity index (χ3n) is 2.47. The first-order valence-corrected chi connectivity index (χ1v) is 8.59. The van der Waals surface area contributed by atoms with Crippen LogP contribution in [0, 0.1) is 6.92 Å². The van der Waals surface area contributed by atoms with Crippen molar-refractivity contribution < 1.29 is 8.42 Å². The van der Waals surface area contributed by atoms with Crippen LogP contribution in [0.2, 0.25) is 0 Å². The van der Waals surface area contributed by atoms with Gasteiger partial charge in [0.1, 0.15) is 4.90 Å². The average molecular weight is 361 g/mol. The molecule has 0 aliphatic heterocycles. The smallest absolute Gasteiger partial charge is 0.263 e. The molecule has 19 heavy (non-hydrogen) atoms. The summed E-state index contributed by atoms with van der Waals surface area (Å²) >= 11 is 4.59. The Morgan fingerprint density at radius 2 is 2.11 bits per heavy atom. The van der Waals surface area contributed by atoms with Crippen molar-refractivity contribution in [1.29, 1.82) is 0 Å². The summed E-state index contributed by atoms with van der Waals surface area (Å²) in [4.78, 5) is 1.04. The molecule has 0 aliphatic rings. The van der Waals surface area contributed by atoms with E-state index in [0.717, 1.165) is 10.4 Å². The second-order valence-electron chi connectivity index (χ2n) is 4.03. The molecule has 0 amide bonds. The van der Waals surface area contributed by atoms with Gasteiger partial charge in [-0.3, -0.25) is 4.72 Å². The Kier molecular flexibility index (Phi) is 4.29. The zero-order chi connectivity index (χ0) is 14.0. The summed E-state index contributed by atoms with van der Waals surface area (Å²) in [7, 11) is -3.59. The molecule has 1 aromatic carbocycles. The van der Waals surface area contributed by atoms with Crippen molar-refractivity contribution in [3.8, 4) is 0 Å². The third-order valence-corrected chi connectivity index (χ3v) is 6.12. The van der Waals surface area contributed by atoms with Gasteiger partial charge in [0.05, 0.1) is 3.79 Å². The van der Waals surface area contributed by atoms with E-state index in [1.54, 1.807) is 24.3 Å². The van der Waals surface area contributed by atoms with Crippen LogP contribution in [0.15, 0.2) is 39.0 Å². The largest absolute Gasteiger partial charge is 0.326 e. The lowest BCUT2D eigenvalue weighted by Crippen LogP contribution is -2.12. The van der Waals surface area contributed by atoms with Gasteiger partial charge in [0.25, 0.3) is 10.0 Å². The van der Waals surface area contributed by atoms with Gasteiger partial charge in [0.15, 0.2) is 0 Å². The van der Waals surface area contributed by atoms with E-state index < -0.39 is 10.0 Å². The van der Waals surface area contributed by atoms with E-state index in [1.807, 2.05) is 13.0 Å². The topological polar surface area (TPSA) is 72.2 Å². The highest BCUT2D eigenvalue weighted by Crippen LogP contribution is 2.32. The molecular weight excluding hydrogens is 348 g/mol. The molecule has 0 saturated heterocycles. The van der Waals surface area contributed by atoms with Gasteiger partial charge in [0, 0.05) is 17.1 Å². The van der Waals surface area contributed by atoms with E-state index in [1.165, 1.54) is 11.3 Å². The van der Waals surface area contributed by atoms with Crippen molar-refractivity contribution in [1.82, 2.24) is 0 Å². The first-order chi connectivity index (χ1) is 8.92. The predicted octanol–water partition coefficient (Wildman–Crippen LogP) is 3.08. The lowest BCUT2D eigenvalue weighted by atomic mass is 10.2. The Morgan fingerprint density at radius 1 is 1.37 bits per heavy atom. The number of nitrogens with two attached hydrogens (primary N) is 1. The maximum absolute atomic E-state index is 12.3. The summed E-state index contributed by atoms with van der Waals surface area (Å²) in [5.41, 5.74) is 7.06. The number of nitrogens with one attached hydrogen (secondary N) is 1. The molecule has 0 radical (unpaired) electrons. The molecule has 0 unspecified atom stereocenters. The molecule has 1 aromatic heterocycles. The molecule has 0 atom stereocenters. The molecule has 3 N–H and O–H groups in total. The van der Waals surface area contributed by atoms with Crippen molar-refractivity contribution in [3.63, 3.8) is 0 Å². The first-order valence-electron chi connectivity index (χ1n) is 5.50. The molecule has 102 valence electrons. The molecule has 0 aliphatic carbocycles. The van der Waals surface area contributed by atoms with Crippen LogP contribution in [-0.4, -0.2) is 8.42 Å². The van der Waals surface area contributed by atoms with Crippen LogP contribution in [0.3, 0.4) is 0 Å². The number of benzene rings is 1. The Labute approximate surface area is 124 Å². The van der Waals surface area contributed by atoms with Gasteiger partial charge in [0.2, 0.25) is 0 Å². The number of halogens is 1. The fraction of sp³-hybridized carbons (Fsp3) is 0.167. The predicted molar refractivity (Wildman–Crippen MR) is 81.9 cm³/mol. The summed E-state index contributed by atoms with van der Waals surface area (Å²) < 4.78 is 27.7. The van der Waals surface area contributed by atoms with Crippen LogP contribution >= 0.6 is 27.3 Å². The molecule has 0 fully saturated rings. The van der Waals surface area contributed by atoms with E-state index in [2.05, 4.69) is 20.7 Å². The van der Waals surface area contributed by atoms with Gasteiger partial charge < -0.3 is 5.73 Å². The molecular formula is C12H13BrN2O2S2. The Morgan fingerprint density at radius 3 is 2.68 bits per heavy atom. The molecule has 2 rings (SSSR count). The maximum atomic E-state index is 12.3. The van der Waals surface area contributed by atoms with Crippen LogP contribution in [0.5, 0.6) is 0 Å². The van der Waals surface area contributed by atoms with Crippen molar-refractivity contribution >= 4 is 43.0 Å². The SMILES string of the molecule is Cc1cccc(NS(=O)(=O)c2cc(CN)sc2Br)c1. The zero-order valence-electron chi connectivity index (χ0n) is 10.2. The Balaban J connectivity index is 2.34. The minimum Gasteiger partial charge on any atom is -0.326 e. The number of hydrogen-bond donors (Lipinski definition) is 2. The lowest BCUT2D eigenvalue weighted by Gasteiger charge is -2.07. The quantitative estimate of drug-likeness (QED) is 0.879. The van der Waals surface area contributed by atoms with Crippen LogP contribution in [0.4, 0.5) is 5.69 Å². The molecule has 2 aromatic rings. The van der Waals surface area contributed by atoms with E-state index >= 15 is 0 Å². The normalized spacial score (nSPS) is 11.5. The van der Waals surface area contributed by atoms with Gasteiger partial charge >= 0.3 is 0 Å². The number of aryl methyl sites for hydroxylation is 1. The second kappa shape index (κ2) is 5.62. The minimum atomic E-state index is -3.59. The van der Waals surface area contributed by atoms with E-state index in [4.69, 9.17) is 5.73 Å². The maximum Gasteiger partial charge on any atom is 0.263 e. The number of anilines is 1. The van der Waals surface area contributed by atoms with E-state index in [0.29, 0.717) is 16.0 Å². The van der Waals surface area contributed by atoms with Crippen molar-refractivity contribution in [3.05, 3.63) is 44.6 Å². The zero-order valence-corrected chi connectivity index (χ0v) is 13.4. The minimum absolute atomic E-state index is 0.222. The number of hydrogen-bond acceptors (Lipinski definition) is 4. The average Bonchev–Trinajstić information content (AvgIpc) is 2.71. The van der Waals surface area contributed by atoms with Crippen molar-refractivity contribution in [2.75, 3.05) is 4.72 Å². The van der Waals surface area contributed by atoms with E-state index in [-0.39, 0.29) is 4.90 Å². The highest BCUT2D eigenvalue weighted by molar-refractivity contribution is 9.11. The van der Waals surface area contributed by atoms with Crippen LogP contribution in [-0.2, 0) is 16.6 Å². The standard InChI is InChI=1S/C12H13BrN2O2S2/c1-8-3-2-4-9(5-8)15-19(16,17)11-6-10(7-14)18-12(11)13/h2-6,15H,7,14H2,1H3. The molecule has 7 heteroatoms. The third kappa shape index (κ3) is 3.36. The summed E-state index contributed by atoms with van der Waals surface area (Å²) in [6.45, 7) is 2.23. The first kappa shape index (κ1) is 14.5. The van der Waals surface area contributed by atoms with Crippen LogP contribution < -0.4 is 10.5 Å².